The van der Waals surface area contributed by atoms with Crippen LogP contribution in [0.2, 0.25) is 0 Å². The number of esters is 3. The van der Waals surface area contributed by atoms with E-state index in [4.69, 9.17) is 14.2 Å². The van der Waals surface area contributed by atoms with Crippen molar-refractivity contribution >= 4 is 17.9 Å². The minimum absolute atomic E-state index is 0.0726. The van der Waals surface area contributed by atoms with Crippen LogP contribution in [0.5, 0.6) is 0 Å². The maximum Gasteiger partial charge on any atom is 0.306 e. The molecule has 340 valence electrons. The van der Waals surface area contributed by atoms with Crippen LogP contribution in [0.4, 0.5) is 0 Å². The monoisotopic (exact) mass is 817 g/mol. The molecule has 6 nitrogen and oxygen atoms in total. The Bertz CT molecular complexity index is 942. The molecule has 0 rings (SSSR count). The lowest BCUT2D eigenvalue weighted by molar-refractivity contribution is -0.167. The molecular weight excluding hydrogens is 721 g/mol. The summed E-state index contributed by atoms with van der Waals surface area (Å²) in [5.74, 6) is -0.881. The van der Waals surface area contributed by atoms with E-state index in [1.807, 2.05) is 0 Å². The average molecular weight is 817 g/mol. The number of hydrogen-bond donors (Lipinski definition) is 0. The van der Waals surface area contributed by atoms with Gasteiger partial charge in [-0.1, -0.05) is 206 Å². The third-order valence-corrected chi connectivity index (χ3v) is 11.2. The highest BCUT2D eigenvalue weighted by Gasteiger charge is 2.19. The van der Waals surface area contributed by atoms with E-state index in [1.54, 1.807) is 0 Å². The van der Waals surface area contributed by atoms with Crippen molar-refractivity contribution in [3.05, 3.63) is 24.3 Å². The Labute approximate surface area is 360 Å². The summed E-state index contributed by atoms with van der Waals surface area (Å²) in [5.41, 5.74) is 0. The van der Waals surface area contributed by atoms with E-state index < -0.39 is 6.10 Å². The summed E-state index contributed by atoms with van der Waals surface area (Å²) in [6.45, 7) is 6.58. The summed E-state index contributed by atoms with van der Waals surface area (Å²) in [5, 5.41) is 0. The van der Waals surface area contributed by atoms with Crippen LogP contribution in [-0.4, -0.2) is 37.2 Å². The largest absolute Gasteiger partial charge is 0.462 e. The standard InChI is InChI=1S/C52H96O6/c1-4-7-10-13-16-18-20-22-24-26-28-30-32-34-36-39-42-45-51(54)57-48-49(47-56-50(53)44-41-38-15-12-9-6-3)58-52(55)46-43-40-37-35-33-31-29-27-25-23-21-19-17-14-11-8-5-2/h22-25,49H,4-21,26-48H2,1-3H3/b24-22-,25-23-. The second-order valence-electron chi connectivity index (χ2n) is 17.1. The highest BCUT2D eigenvalue weighted by molar-refractivity contribution is 5.71. The van der Waals surface area contributed by atoms with Gasteiger partial charge >= 0.3 is 17.9 Å². The SMILES string of the molecule is CCCCCCCC/C=C\CCCCCCCCCC(=O)OCC(COC(=O)CCCCCCCC)OC(=O)CCCCCCCCC/C=C\CCCCCCCC. The number of unbranched alkanes of at least 4 members (excludes halogenated alkanes) is 31. The van der Waals surface area contributed by atoms with Gasteiger partial charge in [0.2, 0.25) is 0 Å². The molecule has 0 N–H and O–H groups in total. The maximum atomic E-state index is 12.7. The molecule has 0 aromatic heterocycles. The second-order valence-corrected chi connectivity index (χ2v) is 17.1. The molecule has 0 aromatic carbocycles. The predicted molar refractivity (Wildman–Crippen MR) is 247 cm³/mol. The van der Waals surface area contributed by atoms with Crippen LogP contribution in [0.1, 0.15) is 271 Å². The van der Waals surface area contributed by atoms with E-state index in [0.29, 0.717) is 19.3 Å². The van der Waals surface area contributed by atoms with E-state index >= 15 is 0 Å². The Morgan fingerprint density at radius 1 is 0.328 bits per heavy atom. The molecule has 58 heavy (non-hydrogen) atoms. The summed E-state index contributed by atoms with van der Waals surface area (Å²) in [6, 6.07) is 0. The lowest BCUT2D eigenvalue weighted by Gasteiger charge is -2.18. The lowest BCUT2D eigenvalue weighted by atomic mass is 10.1. The molecule has 6 heteroatoms. The fourth-order valence-electron chi connectivity index (χ4n) is 7.31. The smallest absolute Gasteiger partial charge is 0.306 e. The molecule has 0 aliphatic heterocycles. The van der Waals surface area contributed by atoms with Gasteiger partial charge in [0.05, 0.1) is 0 Å². The van der Waals surface area contributed by atoms with Crippen molar-refractivity contribution < 1.29 is 28.6 Å². The zero-order valence-corrected chi connectivity index (χ0v) is 38.8. The number of ether oxygens (including phenoxy) is 3. The number of allylic oxidation sites excluding steroid dienone is 4. The first kappa shape index (κ1) is 55.9. The van der Waals surface area contributed by atoms with Gasteiger partial charge in [-0.25, -0.2) is 0 Å². The Morgan fingerprint density at radius 3 is 0.862 bits per heavy atom. The molecule has 0 saturated carbocycles. The fraction of sp³-hybridized carbons (Fsp3) is 0.865. The molecule has 0 aromatic rings. The normalized spacial score (nSPS) is 12.1. The van der Waals surface area contributed by atoms with Crippen molar-refractivity contribution in [2.24, 2.45) is 0 Å². The Balaban J connectivity index is 4.21. The molecule has 0 fully saturated rings. The number of carbonyl (C=O) groups is 3. The van der Waals surface area contributed by atoms with Crippen LogP contribution in [0.15, 0.2) is 24.3 Å². The zero-order chi connectivity index (χ0) is 42.3. The van der Waals surface area contributed by atoms with Gasteiger partial charge in [-0.15, -0.1) is 0 Å². The third kappa shape index (κ3) is 45.0. The molecule has 0 saturated heterocycles. The first-order valence-electron chi connectivity index (χ1n) is 25.3. The molecule has 1 unspecified atom stereocenters. The Hall–Kier alpha value is -2.11. The summed E-state index contributed by atoms with van der Waals surface area (Å²) in [6.07, 6.45) is 53.2. The lowest BCUT2D eigenvalue weighted by Crippen LogP contribution is -2.30. The van der Waals surface area contributed by atoms with Crippen LogP contribution < -0.4 is 0 Å². The van der Waals surface area contributed by atoms with Crippen LogP contribution >= 0.6 is 0 Å². The summed E-state index contributed by atoms with van der Waals surface area (Å²) < 4.78 is 16.7. The minimum Gasteiger partial charge on any atom is -0.462 e. The van der Waals surface area contributed by atoms with Crippen molar-refractivity contribution in [3.63, 3.8) is 0 Å². The highest BCUT2D eigenvalue weighted by atomic mass is 16.6. The fourth-order valence-corrected chi connectivity index (χ4v) is 7.31. The predicted octanol–water partition coefficient (Wildman–Crippen LogP) is 16.4. The molecule has 0 aliphatic rings. The third-order valence-electron chi connectivity index (χ3n) is 11.2. The molecule has 0 amide bonds. The van der Waals surface area contributed by atoms with Crippen LogP contribution in [-0.2, 0) is 28.6 Å². The van der Waals surface area contributed by atoms with Gasteiger partial charge in [0.25, 0.3) is 0 Å². The number of hydrogen-bond acceptors (Lipinski definition) is 6. The van der Waals surface area contributed by atoms with Gasteiger partial charge in [-0.2, -0.15) is 0 Å². The van der Waals surface area contributed by atoms with E-state index in [0.717, 1.165) is 57.8 Å². The molecule has 0 heterocycles. The zero-order valence-electron chi connectivity index (χ0n) is 38.8. The molecule has 0 radical (unpaired) electrons. The molecule has 0 bridgehead atoms. The van der Waals surface area contributed by atoms with Gasteiger partial charge in [0.1, 0.15) is 13.2 Å². The summed E-state index contributed by atoms with van der Waals surface area (Å²) >= 11 is 0. The van der Waals surface area contributed by atoms with Crippen molar-refractivity contribution in [2.75, 3.05) is 13.2 Å². The van der Waals surface area contributed by atoms with Gasteiger partial charge in [0.15, 0.2) is 6.10 Å². The first-order chi connectivity index (χ1) is 28.5. The van der Waals surface area contributed by atoms with E-state index in [-0.39, 0.29) is 31.1 Å². The minimum atomic E-state index is -0.768. The average Bonchev–Trinajstić information content (AvgIpc) is 3.22. The van der Waals surface area contributed by atoms with Crippen molar-refractivity contribution in [2.45, 2.75) is 277 Å². The molecular formula is C52H96O6. The first-order valence-corrected chi connectivity index (χ1v) is 25.3. The number of rotatable bonds is 46. The second kappa shape index (κ2) is 47.6. The van der Waals surface area contributed by atoms with Crippen LogP contribution in [0, 0.1) is 0 Å². The van der Waals surface area contributed by atoms with E-state index in [9.17, 15) is 14.4 Å². The van der Waals surface area contributed by atoms with Gasteiger partial charge in [0, 0.05) is 19.3 Å². The van der Waals surface area contributed by atoms with E-state index in [2.05, 4.69) is 45.1 Å². The van der Waals surface area contributed by atoms with Crippen LogP contribution in [0.25, 0.3) is 0 Å². The van der Waals surface area contributed by atoms with Crippen molar-refractivity contribution in [3.8, 4) is 0 Å². The summed E-state index contributed by atoms with van der Waals surface area (Å²) in [7, 11) is 0. The maximum absolute atomic E-state index is 12.7. The van der Waals surface area contributed by atoms with Gasteiger partial charge in [-0.3, -0.25) is 14.4 Å². The Morgan fingerprint density at radius 2 is 0.569 bits per heavy atom. The van der Waals surface area contributed by atoms with Gasteiger partial charge < -0.3 is 14.2 Å². The molecule has 0 aliphatic carbocycles. The summed E-state index contributed by atoms with van der Waals surface area (Å²) in [4.78, 5) is 37.7. The quantitative estimate of drug-likeness (QED) is 0.0263. The van der Waals surface area contributed by atoms with Crippen LogP contribution in [0.3, 0.4) is 0 Å². The highest BCUT2D eigenvalue weighted by Crippen LogP contribution is 2.15. The van der Waals surface area contributed by atoms with E-state index in [1.165, 1.54) is 173 Å². The van der Waals surface area contributed by atoms with Gasteiger partial charge in [-0.05, 0) is 70.6 Å². The number of carbonyl (C=O) groups excluding carboxylic acids is 3. The van der Waals surface area contributed by atoms with Crippen molar-refractivity contribution in [1.82, 2.24) is 0 Å². The Kier molecular flexibility index (Phi) is 45.8. The molecule has 0 spiro atoms. The topological polar surface area (TPSA) is 78.9 Å². The molecule has 1 atom stereocenters. The van der Waals surface area contributed by atoms with Crippen molar-refractivity contribution in [1.29, 1.82) is 0 Å².